The van der Waals surface area contributed by atoms with Crippen LogP contribution in [0.2, 0.25) is 0 Å². The molecule has 1 fully saturated rings. The topological polar surface area (TPSA) is 72.7 Å². The Labute approximate surface area is 105 Å². The lowest BCUT2D eigenvalue weighted by Crippen LogP contribution is -2.48. The lowest BCUT2D eigenvalue weighted by molar-refractivity contribution is -0.421. The van der Waals surface area contributed by atoms with Crippen molar-refractivity contribution >= 4 is 5.78 Å². The SMILES string of the molecule is CC1(C)CN(C2=C([N+](=O)[O-])C(=O)CC=C2)CCO1. The molecule has 2 aliphatic rings. The summed E-state index contributed by atoms with van der Waals surface area (Å²) in [7, 11) is 0. The van der Waals surface area contributed by atoms with Crippen LogP contribution in [0.25, 0.3) is 0 Å². The normalized spacial score (nSPS) is 23.4. The second-order valence-corrected chi connectivity index (χ2v) is 5.05. The van der Waals surface area contributed by atoms with Crippen LogP contribution in [0.15, 0.2) is 23.5 Å². The van der Waals surface area contributed by atoms with E-state index in [1.807, 2.05) is 18.7 Å². The summed E-state index contributed by atoms with van der Waals surface area (Å²) in [5.74, 6) is -0.429. The predicted molar refractivity (Wildman–Crippen MR) is 64.4 cm³/mol. The molecule has 0 aromatic carbocycles. The molecule has 98 valence electrons. The molecule has 0 radical (unpaired) electrons. The fourth-order valence-corrected chi connectivity index (χ4v) is 2.27. The summed E-state index contributed by atoms with van der Waals surface area (Å²) in [6.45, 7) is 5.47. The molecule has 0 saturated carbocycles. The van der Waals surface area contributed by atoms with Gasteiger partial charge in [-0.2, -0.15) is 0 Å². The largest absolute Gasteiger partial charge is 0.372 e. The number of Topliss-reactive ketones (excluding diaryl/α,β-unsaturated/α-hetero) is 1. The van der Waals surface area contributed by atoms with Crippen molar-refractivity contribution < 1.29 is 14.5 Å². The predicted octanol–water partition coefficient (Wildman–Crippen LogP) is 1.11. The number of nitro groups is 1. The van der Waals surface area contributed by atoms with Crippen LogP contribution < -0.4 is 0 Å². The van der Waals surface area contributed by atoms with Crippen LogP contribution in [0.5, 0.6) is 0 Å². The van der Waals surface area contributed by atoms with Gasteiger partial charge >= 0.3 is 5.70 Å². The first-order valence-corrected chi connectivity index (χ1v) is 5.88. The third kappa shape index (κ3) is 2.43. The first kappa shape index (κ1) is 12.8. The summed E-state index contributed by atoms with van der Waals surface area (Å²) in [4.78, 5) is 23.9. The maximum Gasteiger partial charge on any atom is 0.335 e. The van der Waals surface area contributed by atoms with Crippen LogP contribution in [0.3, 0.4) is 0 Å². The van der Waals surface area contributed by atoms with Gasteiger partial charge in [-0.3, -0.25) is 14.9 Å². The molecule has 0 amide bonds. The number of allylic oxidation sites excluding steroid dienone is 3. The standard InChI is InChI=1S/C12H16N2O4/c1-12(2)8-13(6-7-18-12)9-4-3-5-10(15)11(9)14(16)17/h3-4H,5-8H2,1-2H3. The smallest absolute Gasteiger partial charge is 0.335 e. The molecule has 0 N–H and O–H groups in total. The van der Waals surface area contributed by atoms with Gasteiger partial charge in [-0.15, -0.1) is 0 Å². The molecule has 6 nitrogen and oxygen atoms in total. The zero-order valence-corrected chi connectivity index (χ0v) is 10.5. The van der Waals surface area contributed by atoms with Crippen LogP contribution in [0.4, 0.5) is 0 Å². The van der Waals surface area contributed by atoms with Gasteiger partial charge in [-0.1, -0.05) is 6.08 Å². The maximum absolute atomic E-state index is 11.6. The number of carbonyl (C=O) groups excluding carboxylic acids is 1. The second-order valence-electron chi connectivity index (χ2n) is 5.05. The zero-order chi connectivity index (χ0) is 13.3. The Kier molecular flexibility index (Phi) is 3.21. The quantitative estimate of drug-likeness (QED) is 0.544. The highest BCUT2D eigenvalue weighted by Gasteiger charge is 2.35. The number of carbonyl (C=O) groups is 1. The minimum absolute atomic E-state index is 0.105. The van der Waals surface area contributed by atoms with Gasteiger partial charge in [-0.05, 0) is 19.9 Å². The summed E-state index contributed by atoms with van der Waals surface area (Å²) in [6, 6.07) is 0. The minimum atomic E-state index is -0.580. The monoisotopic (exact) mass is 252 g/mol. The molecule has 0 bridgehead atoms. The van der Waals surface area contributed by atoms with E-state index in [0.717, 1.165) is 0 Å². The Balaban J connectivity index is 2.34. The highest BCUT2D eigenvalue weighted by Crippen LogP contribution is 2.25. The van der Waals surface area contributed by atoms with Crippen LogP contribution in [-0.2, 0) is 9.53 Å². The van der Waals surface area contributed by atoms with E-state index >= 15 is 0 Å². The van der Waals surface area contributed by atoms with Crippen LogP contribution >= 0.6 is 0 Å². The fraction of sp³-hybridized carbons (Fsp3) is 0.583. The van der Waals surface area contributed by atoms with Crippen molar-refractivity contribution in [1.82, 2.24) is 4.90 Å². The summed E-state index contributed by atoms with van der Waals surface area (Å²) in [5, 5.41) is 11.0. The highest BCUT2D eigenvalue weighted by atomic mass is 16.6. The molecular formula is C12H16N2O4. The van der Waals surface area contributed by atoms with E-state index in [1.54, 1.807) is 12.2 Å². The summed E-state index contributed by atoms with van der Waals surface area (Å²) in [5.41, 5.74) is -0.246. The van der Waals surface area contributed by atoms with Gasteiger partial charge in [0.05, 0.1) is 17.1 Å². The molecule has 0 aromatic rings. The second kappa shape index (κ2) is 4.53. The van der Waals surface area contributed by atoms with Crippen molar-refractivity contribution in [2.24, 2.45) is 0 Å². The van der Waals surface area contributed by atoms with Crippen molar-refractivity contribution in [1.29, 1.82) is 0 Å². The van der Waals surface area contributed by atoms with Gasteiger partial charge in [0.1, 0.15) is 5.70 Å². The molecule has 1 saturated heterocycles. The third-order valence-corrected chi connectivity index (χ3v) is 3.03. The number of hydrogen-bond acceptors (Lipinski definition) is 5. The molecule has 0 aromatic heterocycles. The zero-order valence-electron chi connectivity index (χ0n) is 10.5. The van der Waals surface area contributed by atoms with Crippen molar-refractivity contribution in [3.05, 3.63) is 33.7 Å². The lowest BCUT2D eigenvalue weighted by atomic mass is 10.0. The molecule has 1 aliphatic carbocycles. The highest BCUT2D eigenvalue weighted by molar-refractivity contribution is 5.96. The van der Waals surface area contributed by atoms with Gasteiger partial charge in [0.25, 0.3) is 0 Å². The minimum Gasteiger partial charge on any atom is -0.372 e. The molecule has 1 heterocycles. The average Bonchev–Trinajstić information content (AvgIpc) is 2.26. The summed E-state index contributed by atoms with van der Waals surface area (Å²) < 4.78 is 5.57. The van der Waals surface area contributed by atoms with Crippen molar-refractivity contribution in [3.63, 3.8) is 0 Å². The molecule has 18 heavy (non-hydrogen) atoms. The first-order chi connectivity index (χ1) is 8.41. The van der Waals surface area contributed by atoms with Gasteiger partial charge < -0.3 is 9.64 Å². The fourth-order valence-electron chi connectivity index (χ4n) is 2.27. The molecule has 6 heteroatoms. The van der Waals surface area contributed by atoms with Crippen molar-refractivity contribution in [2.75, 3.05) is 19.7 Å². The molecule has 2 rings (SSSR count). The Bertz CT molecular complexity index is 451. The number of ketones is 1. The summed E-state index contributed by atoms with van der Waals surface area (Å²) in [6.07, 6.45) is 3.45. The van der Waals surface area contributed by atoms with E-state index < -0.39 is 10.7 Å². The van der Waals surface area contributed by atoms with E-state index in [0.29, 0.717) is 25.4 Å². The Morgan fingerprint density at radius 1 is 1.50 bits per heavy atom. The van der Waals surface area contributed by atoms with Crippen molar-refractivity contribution in [3.8, 4) is 0 Å². The van der Waals surface area contributed by atoms with E-state index in [4.69, 9.17) is 4.74 Å². The average molecular weight is 252 g/mol. The summed E-state index contributed by atoms with van der Waals surface area (Å²) >= 11 is 0. The van der Waals surface area contributed by atoms with E-state index in [9.17, 15) is 14.9 Å². The number of ether oxygens (including phenoxy) is 1. The van der Waals surface area contributed by atoms with E-state index in [-0.39, 0.29) is 17.7 Å². The van der Waals surface area contributed by atoms with E-state index in [2.05, 4.69) is 0 Å². The van der Waals surface area contributed by atoms with Crippen LogP contribution in [0, 0.1) is 10.1 Å². The molecule has 0 unspecified atom stereocenters. The number of rotatable bonds is 2. The van der Waals surface area contributed by atoms with Gasteiger partial charge in [0, 0.05) is 19.5 Å². The van der Waals surface area contributed by atoms with Crippen molar-refractivity contribution in [2.45, 2.75) is 25.9 Å². The molecule has 1 aliphatic heterocycles. The Morgan fingerprint density at radius 3 is 2.83 bits per heavy atom. The Hall–Kier alpha value is -1.69. The van der Waals surface area contributed by atoms with Crippen LogP contribution in [0.1, 0.15) is 20.3 Å². The molecular weight excluding hydrogens is 236 g/mol. The number of hydrogen-bond donors (Lipinski definition) is 0. The third-order valence-electron chi connectivity index (χ3n) is 3.03. The van der Waals surface area contributed by atoms with Gasteiger partial charge in [0.2, 0.25) is 5.78 Å². The number of nitrogens with zero attached hydrogens (tertiary/aromatic N) is 2. The number of morpholine rings is 1. The lowest BCUT2D eigenvalue weighted by Gasteiger charge is -2.39. The van der Waals surface area contributed by atoms with Gasteiger partial charge in [-0.25, -0.2) is 0 Å². The Morgan fingerprint density at radius 2 is 2.22 bits per heavy atom. The van der Waals surface area contributed by atoms with Crippen LogP contribution in [-0.4, -0.2) is 40.9 Å². The van der Waals surface area contributed by atoms with Gasteiger partial charge in [0.15, 0.2) is 0 Å². The molecule has 0 spiro atoms. The molecule has 0 atom stereocenters. The maximum atomic E-state index is 11.6. The first-order valence-electron chi connectivity index (χ1n) is 5.88. The van der Waals surface area contributed by atoms with E-state index in [1.165, 1.54) is 0 Å².